The SMILES string of the molecule is O=C(CO/N=C/c1ccc(N2CCOCC2)cc1)Nc1ccc(Cl)c(Cl)c1. The summed E-state index contributed by atoms with van der Waals surface area (Å²) in [7, 11) is 0. The summed E-state index contributed by atoms with van der Waals surface area (Å²) in [6, 6.07) is 12.8. The molecule has 27 heavy (non-hydrogen) atoms. The molecule has 0 aromatic heterocycles. The number of ether oxygens (including phenoxy) is 1. The number of hydrogen-bond donors (Lipinski definition) is 1. The van der Waals surface area contributed by atoms with Crippen molar-refractivity contribution in [3.05, 3.63) is 58.1 Å². The van der Waals surface area contributed by atoms with Crippen LogP contribution < -0.4 is 10.2 Å². The van der Waals surface area contributed by atoms with Gasteiger partial charge in [0.2, 0.25) is 0 Å². The zero-order chi connectivity index (χ0) is 19.1. The van der Waals surface area contributed by atoms with Crippen LogP contribution in [0.2, 0.25) is 10.0 Å². The number of nitrogens with zero attached hydrogens (tertiary/aromatic N) is 2. The molecule has 0 saturated carbocycles. The van der Waals surface area contributed by atoms with E-state index >= 15 is 0 Å². The van der Waals surface area contributed by atoms with Crippen LogP contribution in [0.4, 0.5) is 11.4 Å². The van der Waals surface area contributed by atoms with Crippen molar-refractivity contribution in [2.45, 2.75) is 0 Å². The first-order valence-electron chi connectivity index (χ1n) is 8.45. The van der Waals surface area contributed by atoms with Gasteiger partial charge in [0.1, 0.15) is 0 Å². The Morgan fingerprint density at radius 2 is 1.89 bits per heavy atom. The van der Waals surface area contributed by atoms with Gasteiger partial charge in [0, 0.05) is 24.5 Å². The fraction of sp³-hybridized carbons (Fsp3) is 0.263. The van der Waals surface area contributed by atoms with E-state index in [1.807, 2.05) is 24.3 Å². The first kappa shape index (κ1) is 19.5. The highest BCUT2D eigenvalue weighted by atomic mass is 35.5. The van der Waals surface area contributed by atoms with E-state index in [9.17, 15) is 4.79 Å². The molecule has 1 aliphatic rings. The quantitative estimate of drug-likeness (QED) is 0.583. The van der Waals surface area contributed by atoms with E-state index in [-0.39, 0.29) is 12.5 Å². The predicted octanol–water partition coefficient (Wildman–Crippen LogP) is 3.82. The number of benzene rings is 2. The number of carbonyl (C=O) groups is 1. The number of morpholine rings is 1. The van der Waals surface area contributed by atoms with Crippen molar-refractivity contribution in [2.75, 3.05) is 43.1 Å². The fourth-order valence-electron chi connectivity index (χ4n) is 2.56. The molecular formula is C19H19Cl2N3O3. The van der Waals surface area contributed by atoms with Crippen molar-refractivity contribution in [1.29, 1.82) is 0 Å². The van der Waals surface area contributed by atoms with Crippen molar-refractivity contribution in [3.8, 4) is 0 Å². The number of rotatable bonds is 6. The topological polar surface area (TPSA) is 63.2 Å². The van der Waals surface area contributed by atoms with Crippen LogP contribution in [0, 0.1) is 0 Å². The molecule has 3 rings (SSSR count). The zero-order valence-electron chi connectivity index (χ0n) is 14.5. The molecule has 0 unspecified atom stereocenters. The second kappa shape index (κ2) is 9.60. The smallest absolute Gasteiger partial charge is 0.265 e. The zero-order valence-corrected chi connectivity index (χ0v) is 16.0. The fourth-order valence-corrected chi connectivity index (χ4v) is 2.86. The third-order valence-electron chi connectivity index (χ3n) is 3.94. The summed E-state index contributed by atoms with van der Waals surface area (Å²) in [5.74, 6) is -0.340. The van der Waals surface area contributed by atoms with Crippen LogP contribution in [-0.4, -0.2) is 45.0 Å². The molecular weight excluding hydrogens is 389 g/mol. The molecule has 2 aromatic carbocycles. The van der Waals surface area contributed by atoms with E-state index in [1.54, 1.807) is 24.4 Å². The Balaban J connectivity index is 1.44. The summed E-state index contributed by atoms with van der Waals surface area (Å²) in [6.45, 7) is 3.08. The van der Waals surface area contributed by atoms with Gasteiger partial charge >= 0.3 is 0 Å². The molecule has 0 atom stereocenters. The van der Waals surface area contributed by atoms with E-state index in [1.165, 1.54) is 0 Å². The number of anilines is 2. The van der Waals surface area contributed by atoms with Gasteiger partial charge < -0.3 is 19.8 Å². The summed E-state index contributed by atoms with van der Waals surface area (Å²) >= 11 is 11.7. The van der Waals surface area contributed by atoms with E-state index in [2.05, 4.69) is 15.4 Å². The average molecular weight is 408 g/mol. The molecule has 1 amide bonds. The van der Waals surface area contributed by atoms with Gasteiger partial charge in [-0.15, -0.1) is 0 Å². The summed E-state index contributed by atoms with van der Waals surface area (Å²) in [5, 5.41) is 7.28. The van der Waals surface area contributed by atoms with E-state index in [4.69, 9.17) is 32.8 Å². The normalized spacial score (nSPS) is 14.4. The summed E-state index contributed by atoms with van der Waals surface area (Å²) < 4.78 is 5.35. The third-order valence-corrected chi connectivity index (χ3v) is 4.68. The number of halogens is 2. The van der Waals surface area contributed by atoms with E-state index in [0.29, 0.717) is 15.7 Å². The standard InChI is InChI=1S/C19H19Cl2N3O3/c20-17-6-3-15(11-18(17)21)23-19(25)13-27-22-12-14-1-4-16(5-2-14)24-7-9-26-10-8-24/h1-6,11-12H,7-10,13H2,(H,23,25)/b22-12+. The van der Waals surface area contributed by atoms with Crippen LogP contribution >= 0.6 is 23.2 Å². The molecule has 2 aromatic rings. The third kappa shape index (κ3) is 5.85. The number of hydrogen-bond acceptors (Lipinski definition) is 5. The maximum absolute atomic E-state index is 11.8. The first-order valence-corrected chi connectivity index (χ1v) is 9.20. The van der Waals surface area contributed by atoms with Gasteiger partial charge in [0.05, 0.1) is 29.5 Å². The molecule has 1 N–H and O–H groups in total. The van der Waals surface area contributed by atoms with E-state index in [0.717, 1.165) is 37.6 Å². The van der Waals surface area contributed by atoms with Crippen molar-refractivity contribution < 1.29 is 14.4 Å². The van der Waals surface area contributed by atoms with Crippen molar-refractivity contribution >= 4 is 46.7 Å². The van der Waals surface area contributed by atoms with Gasteiger partial charge in [0.15, 0.2) is 6.61 Å². The monoisotopic (exact) mass is 407 g/mol. The van der Waals surface area contributed by atoms with Gasteiger partial charge in [-0.25, -0.2) is 0 Å². The highest BCUT2D eigenvalue weighted by Gasteiger charge is 2.10. The Hall–Kier alpha value is -2.28. The number of carbonyl (C=O) groups excluding carboxylic acids is 1. The van der Waals surface area contributed by atoms with Crippen LogP contribution in [-0.2, 0) is 14.4 Å². The Bertz CT molecular complexity index is 806. The molecule has 1 heterocycles. The molecule has 0 radical (unpaired) electrons. The first-order chi connectivity index (χ1) is 13.1. The van der Waals surface area contributed by atoms with Gasteiger partial charge in [-0.3, -0.25) is 4.79 Å². The Morgan fingerprint density at radius 1 is 1.15 bits per heavy atom. The molecule has 1 fully saturated rings. The lowest BCUT2D eigenvalue weighted by atomic mass is 10.2. The van der Waals surface area contributed by atoms with Crippen molar-refractivity contribution in [3.63, 3.8) is 0 Å². The second-order valence-electron chi connectivity index (χ2n) is 5.88. The molecule has 1 aliphatic heterocycles. The Morgan fingerprint density at radius 3 is 2.59 bits per heavy atom. The van der Waals surface area contributed by atoms with E-state index < -0.39 is 0 Å². The lowest BCUT2D eigenvalue weighted by Crippen LogP contribution is -2.36. The maximum Gasteiger partial charge on any atom is 0.265 e. The molecule has 1 saturated heterocycles. The predicted molar refractivity (Wildman–Crippen MR) is 108 cm³/mol. The molecule has 6 nitrogen and oxygen atoms in total. The second-order valence-corrected chi connectivity index (χ2v) is 6.69. The lowest BCUT2D eigenvalue weighted by molar-refractivity contribution is -0.120. The minimum absolute atomic E-state index is 0.206. The lowest BCUT2D eigenvalue weighted by Gasteiger charge is -2.28. The van der Waals surface area contributed by atoms with Crippen LogP contribution in [0.3, 0.4) is 0 Å². The minimum Gasteiger partial charge on any atom is -0.386 e. The van der Waals surface area contributed by atoms with Crippen LogP contribution in [0.1, 0.15) is 5.56 Å². The Labute approximate surface area is 167 Å². The van der Waals surface area contributed by atoms with Gasteiger partial charge in [0.25, 0.3) is 5.91 Å². The Kier molecular flexibility index (Phi) is 6.92. The van der Waals surface area contributed by atoms with Crippen molar-refractivity contribution in [1.82, 2.24) is 0 Å². The summed E-state index contributed by atoms with van der Waals surface area (Å²) in [4.78, 5) is 19.2. The van der Waals surface area contributed by atoms with Gasteiger partial charge in [-0.05, 0) is 35.9 Å². The molecule has 0 spiro atoms. The highest BCUT2D eigenvalue weighted by molar-refractivity contribution is 6.42. The van der Waals surface area contributed by atoms with Crippen LogP contribution in [0.25, 0.3) is 0 Å². The van der Waals surface area contributed by atoms with Gasteiger partial charge in [-0.2, -0.15) is 0 Å². The molecule has 0 aliphatic carbocycles. The number of nitrogens with one attached hydrogen (secondary N) is 1. The number of oxime groups is 1. The molecule has 142 valence electrons. The largest absolute Gasteiger partial charge is 0.386 e. The average Bonchev–Trinajstić information content (AvgIpc) is 2.69. The van der Waals surface area contributed by atoms with Crippen LogP contribution in [0.15, 0.2) is 47.6 Å². The summed E-state index contributed by atoms with van der Waals surface area (Å²) in [6.07, 6.45) is 1.57. The molecule has 0 bridgehead atoms. The van der Waals surface area contributed by atoms with Crippen molar-refractivity contribution in [2.24, 2.45) is 5.16 Å². The maximum atomic E-state index is 11.8. The number of amides is 1. The van der Waals surface area contributed by atoms with Crippen LogP contribution in [0.5, 0.6) is 0 Å². The molecule has 8 heteroatoms. The highest BCUT2D eigenvalue weighted by Crippen LogP contribution is 2.24. The minimum atomic E-state index is -0.340. The van der Waals surface area contributed by atoms with Gasteiger partial charge in [-0.1, -0.05) is 40.5 Å². The summed E-state index contributed by atoms with van der Waals surface area (Å²) in [5.41, 5.74) is 2.58.